The number of ether oxygens (including phenoxy) is 1. The summed E-state index contributed by atoms with van der Waals surface area (Å²) in [7, 11) is 0. The number of hydrogen-bond donors (Lipinski definition) is 0. The Labute approximate surface area is 151 Å². The minimum atomic E-state index is -5.09. The van der Waals surface area contributed by atoms with Crippen LogP contribution in [0.15, 0.2) is 57.7 Å². The Hall–Kier alpha value is -3.30. The Balaban J connectivity index is 1.99. The van der Waals surface area contributed by atoms with Crippen molar-refractivity contribution in [1.82, 2.24) is 0 Å². The summed E-state index contributed by atoms with van der Waals surface area (Å²) in [6.45, 7) is 0. The van der Waals surface area contributed by atoms with Gasteiger partial charge in [0.25, 0.3) is 0 Å². The van der Waals surface area contributed by atoms with Gasteiger partial charge >= 0.3 is 23.9 Å². The van der Waals surface area contributed by atoms with Crippen LogP contribution in [-0.2, 0) is 12.4 Å². The third-order valence-electron chi connectivity index (χ3n) is 3.63. The normalized spacial score (nSPS) is 12.2. The maximum Gasteiger partial charge on any atom is 0.416 e. The van der Waals surface area contributed by atoms with Crippen molar-refractivity contribution in [2.75, 3.05) is 0 Å². The lowest BCUT2D eigenvalue weighted by Crippen LogP contribution is -2.15. The third-order valence-corrected chi connectivity index (χ3v) is 3.63. The summed E-state index contributed by atoms with van der Waals surface area (Å²) in [6, 6.07) is 6.77. The molecule has 3 rings (SSSR count). The molecule has 0 saturated heterocycles. The Kier molecular flexibility index (Phi) is 4.66. The van der Waals surface area contributed by atoms with E-state index in [1.54, 1.807) is 0 Å². The number of carbonyl (C=O) groups is 1. The van der Waals surface area contributed by atoms with Crippen LogP contribution in [0, 0.1) is 0 Å². The summed E-state index contributed by atoms with van der Waals surface area (Å²) in [4.78, 5) is 23.3. The van der Waals surface area contributed by atoms with E-state index in [4.69, 9.17) is 9.15 Å². The fourth-order valence-corrected chi connectivity index (χ4v) is 2.34. The molecule has 3 aromatic rings. The maximum atomic E-state index is 12.9. The average Bonchev–Trinajstić information content (AvgIpc) is 2.59. The molecule has 10 heteroatoms. The highest BCUT2D eigenvalue weighted by Crippen LogP contribution is 2.36. The molecule has 0 N–H and O–H groups in total. The number of halogens is 6. The predicted octanol–water partition coefficient (Wildman–Crippen LogP) is 5.05. The van der Waals surface area contributed by atoms with Gasteiger partial charge in [-0.25, -0.2) is 9.59 Å². The molecule has 28 heavy (non-hydrogen) atoms. The molecule has 1 heterocycles. The topological polar surface area (TPSA) is 56.5 Å². The molecule has 0 aliphatic rings. The lowest BCUT2D eigenvalue weighted by atomic mass is 10.0. The molecule has 1 aromatic heterocycles. The van der Waals surface area contributed by atoms with Crippen LogP contribution in [0.1, 0.15) is 21.5 Å². The Morgan fingerprint density at radius 2 is 1.39 bits per heavy atom. The lowest BCUT2D eigenvalue weighted by Gasteiger charge is -2.13. The number of carbonyl (C=O) groups excluding carboxylic acids is 1. The molecular weight excluding hydrogens is 394 g/mol. The maximum absolute atomic E-state index is 12.9. The smallest absolute Gasteiger partial charge is 0.416 e. The van der Waals surface area contributed by atoms with Gasteiger partial charge in [-0.05, 0) is 36.4 Å². The number of fused-ring (bicyclic) bond motifs is 1. The minimum Gasteiger partial charge on any atom is -0.423 e. The second kappa shape index (κ2) is 6.70. The van der Waals surface area contributed by atoms with Gasteiger partial charge in [0.15, 0.2) is 0 Å². The molecule has 0 saturated carbocycles. The third kappa shape index (κ3) is 4.16. The Morgan fingerprint density at radius 3 is 1.96 bits per heavy atom. The van der Waals surface area contributed by atoms with E-state index in [2.05, 4.69) is 0 Å². The van der Waals surface area contributed by atoms with Gasteiger partial charge < -0.3 is 9.15 Å². The molecular formula is C18H8F6O4. The van der Waals surface area contributed by atoms with Gasteiger partial charge in [0.2, 0.25) is 0 Å². The van der Waals surface area contributed by atoms with Crippen molar-refractivity contribution < 1.29 is 40.3 Å². The van der Waals surface area contributed by atoms with Crippen molar-refractivity contribution in [3.63, 3.8) is 0 Å². The highest BCUT2D eigenvalue weighted by atomic mass is 19.4. The molecule has 0 bridgehead atoms. The van der Waals surface area contributed by atoms with Gasteiger partial charge in [-0.3, -0.25) is 0 Å². The summed E-state index contributed by atoms with van der Waals surface area (Å²) in [6.07, 6.45) is -10.2. The molecule has 146 valence electrons. The number of rotatable bonds is 2. The molecule has 0 amide bonds. The fraction of sp³-hybridized carbons (Fsp3) is 0.111. The summed E-state index contributed by atoms with van der Waals surface area (Å²) < 4.78 is 87.0. The van der Waals surface area contributed by atoms with Crippen LogP contribution in [-0.4, -0.2) is 5.97 Å². The molecule has 0 aliphatic heterocycles. The molecule has 0 aliphatic carbocycles. The summed E-state index contributed by atoms with van der Waals surface area (Å²) in [5.41, 5.74) is -4.88. The largest absolute Gasteiger partial charge is 0.423 e. The van der Waals surface area contributed by atoms with Crippen molar-refractivity contribution in [3.05, 3.63) is 75.6 Å². The van der Waals surface area contributed by atoms with E-state index >= 15 is 0 Å². The van der Waals surface area contributed by atoms with E-state index in [0.717, 1.165) is 12.1 Å². The first kappa shape index (κ1) is 19.5. The van der Waals surface area contributed by atoms with Crippen LogP contribution in [0.4, 0.5) is 26.3 Å². The predicted molar refractivity (Wildman–Crippen MR) is 83.9 cm³/mol. The summed E-state index contributed by atoms with van der Waals surface area (Å²) >= 11 is 0. The SMILES string of the molecule is O=C(Oc1ccc2ccc(=O)oc2c1)c1cc(C(F)(F)F)cc(C(F)(F)F)c1. The van der Waals surface area contributed by atoms with Gasteiger partial charge in [-0.2, -0.15) is 26.3 Å². The first-order valence-corrected chi connectivity index (χ1v) is 7.49. The van der Waals surface area contributed by atoms with Crippen molar-refractivity contribution >= 4 is 16.9 Å². The van der Waals surface area contributed by atoms with E-state index in [9.17, 15) is 35.9 Å². The van der Waals surface area contributed by atoms with Crippen molar-refractivity contribution in [1.29, 1.82) is 0 Å². The Morgan fingerprint density at radius 1 is 0.821 bits per heavy atom. The number of benzene rings is 2. The van der Waals surface area contributed by atoms with E-state index in [1.165, 1.54) is 18.2 Å². The number of esters is 1. The molecule has 0 atom stereocenters. The highest BCUT2D eigenvalue weighted by molar-refractivity contribution is 5.92. The zero-order valence-electron chi connectivity index (χ0n) is 13.5. The monoisotopic (exact) mass is 402 g/mol. The highest BCUT2D eigenvalue weighted by Gasteiger charge is 2.37. The van der Waals surface area contributed by atoms with Gasteiger partial charge in [-0.15, -0.1) is 0 Å². The van der Waals surface area contributed by atoms with Crippen molar-refractivity contribution in [3.8, 4) is 5.75 Å². The van der Waals surface area contributed by atoms with Crippen molar-refractivity contribution in [2.24, 2.45) is 0 Å². The molecule has 2 aromatic carbocycles. The molecule has 0 spiro atoms. The van der Waals surface area contributed by atoms with Crippen LogP contribution in [0.3, 0.4) is 0 Å². The molecule has 0 fully saturated rings. The molecule has 0 radical (unpaired) electrons. The van der Waals surface area contributed by atoms with E-state index in [-0.39, 0.29) is 29.5 Å². The summed E-state index contributed by atoms with van der Waals surface area (Å²) in [5, 5.41) is 0.470. The van der Waals surface area contributed by atoms with E-state index in [0.29, 0.717) is 5.39 Å². The first-order valence-electron chi connectivity index (χ1n) is 7.49. The van der Waals surface area contributed by atoms with Crippen molar-refractivity contribution in [2.45, 2.75) is 12.4 Å². The van der Waals surface area contributed by atoms with Gasteiger partial charge in [-0.1, -0.05) is 0 Å². The molecule has 4 nitrogen and oxygen atoms in total. The van der Waals surface area contributed by atoms with E-state index in [1.807, 2.05) is 0 Å². The molecule has 0 unspecified atom stereocenters. The second-order valence-electron chi connectivity index (χ2n) is 5.64. The number of alkyl halides is 6. The van der Waals surface area contributed by atoms with Crippen LogP contribution in [0.2, 0.25) is 0 Å². The summed E-state index contributed by atoms with van der Waals surface area (Å²) in [5.74, 6) is -1.66. The quantitative estimate of drug-likeness (QED) is 0.261. The Bertz CT molecular complexity index is 1080. The standard InChI is InChI=1S/C18H8F6O4/c19-17(20,21)11-5-10(6-12(7-11)18(22,23)24)16(26)27-13-3-1-9-2-4-15(25)28-14(9)8-13/h1-8H. The number of hydrogen-bond acceptors (Lipinski definition) is 4. The fourth-order valence-electron chi connectivity index (χ4n) is 2.34. The zero-order chi connectivity index (χ0) is 20.7. The van der Waals surface area contributed by atoms with Crippen LogP contribution < -0.4 is 10.4 Å². The van der Waals surface area contributed by atoms with Crippen LogP contribution >= 0.6 is 0 Å². The zero-order valence-corrected chi connectivity index (χ0v) is 13.5. The van der Waals surface area contributed by atoms with E-state index < -0.39 is 40.6 Å². The van der Waals surface area contributed by atoms with Crippen LogP contribution in [0.5, 0.6) is 5.75 Å². The minimum absolute atomic E-state index is 0.0258. The van der Waals surface area contributed by atoms with Gasteiger partial charge in [0.1, 0.15) is 11.3 Å². The second-order valence-corrected chi connectivity index (χ2v) is 5.64. The van der Waals surface area contributed by atoms with Gasteiger partial charge in [0.05, 0.1) is 16.7 Å². The van der Waals surface area contributed by atoms with Crippen LogP contribution in [0.25, 0.3) is 11.0 Å². The first-order chi connectivity index (χ1) is 12.9. The van der Waals surface area contributed by atoms with Gasteiger partial charge in [0, 0.05) is 17.5 Å². The lowest BCUT2D eigenvalue weighted by molar-refractivity contribution is -0.143. The average molecular weight is 402 g/mol.